The van der Waals surface area contributed by atoms with Gasteiger partial charge in [0.25, 0.3) is 5.91 Å². The number of anilines is 2. The second-order valence-electron chi connectivity index (χ2n) is 7.22. The molecular weight excluding hydrogens is 413 g/mol. The summed E-state index contributed by atoms with van der Waals surface area (Å²) in [5, 5.41) is 5.18. The molecule has 2 aromatic carbocycles. The first kappa shape index (κ1) is 20.3. The Morgan fingerprint density at radius 1 is 1.27 bits per heavy atom. The van der Waals surface area contributed by atoms with E-state index in [4.69, 9.17) is 4.74 Å². The van der Waals surface area contributed by atoms with Crippen LogP contribution in [-0.4, -0.2) is 43.7 Å². The van der Waals surface area contributed by atoms with Crippen molar-refractivity contribution in [2.45, 2.75) is 30.7 Å². The number of carbonyl (C=O) groups excluding carboxylic acids is 2. The number of hydrogen-bond acceptors (Lipinski definition) is 5. The van der Waals surface area contributed by atoms with Crippen LogP contribution in [0.3, 0.4) is 0 Å². The number of aryl methyl sites for hydroxylation is 1. The molecule has 30 heavy (non-hydrogen) atoms. The van der Waals surface area contributed by atoms with Crippen molar-refractivity contribution < 1.29 is 27.1 Å². The first-order valence-corrected chi connectivity index (χ1v) is 10.9. The Morgan fingerprint density at radius 3 is 2.83 bits per heavy atom. The molecular formula is C20H20FN3O5S. The van der Waals surface area contributed by atoms with Crippen LogP contribution < -0.4 is 15.4 Å². The summed E-state index contributed by atoms with van der Waals surface area (Å²) in [6.07, 6.45) is 0.870. The summed E-state index contributed by atoms with van der Waals surface area (Å²) in [5.74, 6) is -0.970. The molecule has 2 heterocycles. The lowest BCUT2D eigenvalue weighted by atomic mass is 10.2. The Labute approximate surface area is 173 Å². The van der Waals surface area contributed by atoms with Gasteiger partial charge >= 0.3 is 0 Å². The van der Waals surface area contributed by atoms with Gasteiger partial charge in [0.05, 0.1) is 10.6 Å². The zero-order chi connectivity index (χ0) is 21.5. The normalized spacial score (nSPS) is 19.0. The predicted octanol–water partition coefficient (Wildman–Crippen LogP) is 2.26. The highest BCUT2D eigenvalue weighted by Gasteiger charge is 2.40. The average molecular weight is 433 g/mol. The number of carbonyl (C=O) groups is 2. The zero-order valence-electron chi connectivity index (χ0n) is 16.1. The van der Waals surface area contributed by atoms with E-state index in [-0.39, 0.29) is 35.3 Å². The Bertz CT molecular complexity index is 1140. The molecule has 4 rings (SSSR count). The molecule has 10 heteroatoms. The molecule has 2 N–H and O–H groups in total. The molecule has 2 aliphatic heterocycles. The number of nitrogens with one attached hydrogen (secondary N) is 2. The topological polar surface area (TPSA) is 105 Å². The van der Waals surface area contributed by atoms with E-state index in [0.717, 1.165) is 4.31 Å². The van der Waals surface area contributed by atoms with Gasteiger partial charge in [-0.2, -0.15) is 4.31 Å². The van der Waals surface area contributed by atoms with E-state index in [1.807, 2.05) is 0 Å². The zero-order valence-corrected chi connectivity index (χ0v) is 17.0. The van der Waals surface area contributed by atoms with Crippen LogP contribution in [0.15, 0.2) is 41.3 Å². The monoisotopic (exact) mass is 433 g/mol. The number of benzene rings is 2. The number of sulfonamides is 1. The summed E-state index contributed by atoms with van der Waals surface area (Å²) in [5.41, 5.74) is 0.977. The van der Waals surface area contributed by atoms with Crippen LogP contribution in [0.1, 0.15) is 18.4 Å². The SMILES string of the molecule is Cc1ccc(NC(=O)[C@H]2CCCN2S(=O)(=O)c2ccc3c(c2)NC(=O)CO3)cc1F. The van der Waals surface area contributed by atoms with E-state index in [1.165, 1.54) is 30.3 Å². The number of rotatable bonds is 4. The van der Waals surface area contributed by atoms with Crippen molar-refractivity contribution in [1.82, 2.24) is 4.31 Å². The molecule has 0 unspecified atom stereocenters. The maximum atomic E-state index is 13.8. The fourth-order valence-corrected chi connectivity index (χ4v) is 5.23. The third-order valence-electron chi connectivity index (χ3n) is 5.14. The summed E-state index contributed by atoms with van der Waals surface area (Å²) in [6.45, 7) is 1.66. The van der Waals surface area contributed by atoms with Crippen molar-refractivity contribution >= 4 is 33.2 Å². The van der Waals surface area contributed by atoms with E-state index in [9.17, 15) is 22.4 Å². The minimum atomic E-state index is -4.00. The predicted molar refractivity (Wildman–Crippen MR) is 107 cm³/mol. The van der Waals surface area contributed by atoms with Crippen LogP contribution in [0, 0.1) is 12.7 Å². The summed E-state index contributed by atoms with van der Waals surface area (Å²) >= 11 is 0. The Balaban J connectivity index is 1.57. The van der Waals surface area contributed by atoms with E-state index < -0.39 is 27.8 Å². The molecule has 1 fully saturated rings. The summed E-state index contributed by atoms with van der Waals surface area (Å²) in [4.78, 5) is 24.2. The van der Waals surface area contributed by atoms with E-state index in [1.54, 1.807) is 13.0 Å². The highest BCUT2D eigenvalue weighted by molar-refractivity contribution is 7.89. The molecule has 0 bridgehead atoms. The van der Waals surface area contributed by atoms with E-state index >= 15 is 0 Å². The lowest BCUT2D eigenvalue weighted by Crippen LogP contribution is -2.43. The molecule has 158 valence electrons. The number of amides is 2. The fourth-order valence-electron chi connectivity index (χ4n) is 3.54. The molecule has 1 saturated heterocycles. The molecule has 0 aromatic heterocycles. The van der Waals surface area contributed by atoms with Gasteiger partial charge in [-0.25, -0.2) is 12.8 Å². The van der Waals surface area contributed by atoms with E-state index in [2.05, 4.69) is 10.6 Å². The number of nitrogens with zero attached hydrogens (tertiary/aromatic N) is 1. The van der Waals surface area contributed by atoms with Crippen LogP contribution in [0.5, 0.6) is 5.75 Å². The summed E-state index contributed by atoms with van der Waals surface area (Å²) in [6, 6.07) is 7.57. The number of ether oxygens (including phenoxy) is 1. The van der Waals surface area contributed by atoms with Crippen molar-refractivity contribution in [3.8, 4) is 5.75 Å². The van der Waals surface area contributed by atoms with Gasteiger partial charge in [-0.3, -0.25) is 9.59 Å². The van der Waals surface area contributed by atoms with Gasteiger partial charge in [0, 0.05) is 12.2 Å². The van der Waals surface area contributed by atoms with Crippen LogP contribution in [-0.2, 0) is 19.6 Å². The fraction of sp³-hybridized carbons (Fsp3) is 0.300. The molecule has 0 radical (unpaired) electrons. The van der Waals surface area contributed by atoms with Crippen LogP contribution >= 0.6 is 0 Å². The van der Waals surface area contributed by atoms with Crippen molar-refractivity contribution in [1.29, 1.82) is 0 Å². The third-order valence-corrected chi connectivity index (χ3v) is 7.04. The lowest BCUT2D eigenvalue weighted by molar-refractivity contribution is -0.119. The Morgan fingerprint density at radius 2 is 2.07 bits per heavy atom. The summed E-state index contributed by atoms with van der Waals surface area (Å²) < 4.78 is 46.6. The first-order chi connectivity index (χ1) is 14.3. The Hall–Kier alpha value is -2.98. The molecule has 0 aliphatic carbocycles. The van der Waals surface area contributed by atoms with Gasteiger partial charge in [-0.15, -0.1) is 0 Å². The Kier molecular flexibility index (Phi) is 5.20. The summed E-state index contributed by atoms with van der Waals surface area (Å²) in [7, 11) is -4.00. The maximum Gasteiger partial charge on any atom is 0.262 e. The average Bonchev–Trinajstić information content (AvgIpc) is 3.21. The molecule has 0 saturated carbocycles. The first-order valence-electron chi connectivity index (χ1n) is 9.41. The smallest absolute Gasteiger partial charge is 0.262 e. The van der Waals surface area contributed by atoms with E-state index in [0.29, 0.717) is 24.2 Å². The van der Waals surface area contributed by atoms with Crippen molar-refractivity contribution in [2.75, 3.05) is 23.8 Å². The maximum absolute atomic E-state index is 13.8. The van der Waals surface area contributed by atoms with Gasteiger partial charge in [0.15, 0.2) is 6.61 Å². The van der Waals surface area contributed by atoms with Gasteiger partial charge in [-0.1, -0.05) is 6.07 Å². The lowest BCUT2D eigenvalue weighted by Gasteiger charge is -2.24. The molecule has 2 aliphatic rings. The van der Waals surface area contributed by atoms with Crippen molar-refractivity contribution in [3.05, 3.63) is 47.8 Å². The second kappa shape index (κ2) is 7.69. The molecule has 0 spiro atoms. The highest BCUT2D eigenvalue weighted by atomic mass is 32.2. The minimum Gasteiger partial charge on any atom is -0.482 e. The van der Waals surface area contributed by atoms with Crippen LogP contribution in [0.2, 0.25) is 0 Å². The molecule has 2 amide bonds. The minimum absolute atomic E-state index is 0.0480. The quantitative estimate of drug-likeness (QED) is 0.770. The van der Waals surface area contributed by atoms with Crippen molar-refractivity contribution in [3.63, 3.8) is 0 Å². The van der Waals surface area contributed by atoms with Gasteiger partial charge < -0.3 is 15.4 Å². The number of hydrogen-bond donors (Lipinski definition) is 2. The number of halogens is 1. The standard InChI is InChI=1S/C20H20FN3O5S/c1-12-4-5-13(9-15(12)21)22-20(26)17-3-2-8-24(17)30(27,28)14-6-7-18-16(10-14)23-19(25)11-29-18/h4-7,9-10,17H,2-3,8,11H2,1H3,(H,22,26)(H,23,25)/t17-/m1/s1. The van der Waals surface area contributed by atoms with Gasteiger partial charge in [0.1, 0.15) is 17.6 Å². The van der Waals surface area contributed by atoms with Gasteiger partial charge in [-0.05, 0) is 55.7 Å². The number of fused-ring (bicyclic) bond motifs is 1. The van der Waals surface area contributed by atoms with Crippen LogP contribution in [0.4, 0.5) is 15.8 Å². The second-order valence-corrected chi connectivity index (χ2v) is 9.11. The molecule has 2 aromatic rings. The highest BCUT2D eigenvalue weighted by Crippen LogP contribution is 2.33. The third kappa shape index (κ3) is 3.75. The molecule has 8 nitrogen and oxygen atoms in total. The van der Waals surface area contributed by atoms with Crippen LogP contribution in [0.25, 0.3) is 0 Å². The van der Waals surface area contributed by atoms with Gasteiger partial charge in [0.2, 0.25) is 15.9 Å². The largest absolute Gasteiger partial charge is 0.482 e. The van der Waals surface area contributed by atoms with Crippen molar-refractivity contribution in [2.24, 2.45) is 0 Å². The molecule has 1 atom stereocenters.